The second kappa shape index (κ2) is 5.90. The van der Waals surface area contributed by atoms with Gasteiger partial charge in [0.1, 0.15) is 0 Å². The van der Waals surface area contributed by atoms with E-state index in [0.717, 1.165) is 22.4 Å². The third-order valence-electron chi connectivity index (χ3n) is 3.52. The van der Waals surface area contributed by atoms with Crippen molar-refractivity contribution in [2.75, 3.05) is 10.8 Å². The van der Waals surface area contributed by atoms with Gasteiger partial charge in [0.25, 0.3) is 10.0 Å². The summed E-state index contributed by atoms with van der Waals surface area (Å²) < 4.78 is 27.1. The van der Waals surface area contributed by atoms with Gasteiger partial charge in [0.05, 0.1) is 10.6 Å². The van der Waals surface area contributed by atoms with E-state index in [1.54, 1.807) is 12.1 Å². The van der Waals surface area contributed by atoms with Gasteiger partial charge in [0, 0.05) is 6.54 Å². The van der Waals surface area contributed by atoms with Gasteiger partial charge < -0.3 is 0 Å². The van der Waals surface area contributed by atoms with Crippen molar-refractivity contribution < 1.29 is 8.42 Å². The number of benzene rings is 2. The zero-order valence-electron chi connectivity index (χ0n) is 12.9. The van der Waals surface area contributed by atoms with E-state index < -0.39 is 10.0 Å². The normalized spacial score (nSPS) is 11.4. The Labute approximate surface area is 127 Å². The topological polar surface area (TPSA) is 37.4 Å². The minimum atomic E-state index is -3.52. The second-order valence-electron chi connectivity index (χ2n) is 5.27. The van der Waals surface area contributed by atoms with Crippen LogP contribution in [0.1, 0.15) is 23.6 Å². The number of rotatable bonds is 4. The predicted molar refractivity (Wildman–Crippen MR) is 87.3 cm³/mol. The van der Waals surface area contributed by atoms with Crippen LogP contribution in [0, 0.1) is 20.8 Å². The molecule has 0 saturated carbocycles. The van der Waals surface area contributed by atoms with Crippen LogP contribution in [0.2, 0.25) is 0 Å². The number of hydrogen-bond donors (Lipinski definition) is 0. The molecule has 21 heavy (non-hydrogen) atoms. The number of nitrogens with zero attached hydrogens (tertiary/aromatic N) is 1. The molecule has 0 aromatic heterocycles. The summed E-state index contributed by atoms with van der Waals surface area (Å²) in [5.41, 5.74) is 3.87. The summed E-state index contributed by atoms with van der Waals surface area (Å²) in [6.07, 6.45) is 0. The molecular formula is C17H21NO2S. The molecule has 0 atom stereocenters. The first-order valence-electron chi connectivity index (χ1n) is 7.03. The number of hydrogen-bond acceptors (Lipinski definition) is 2. The van der Waals surface area contributed by atoms with Crippen LogP contribution < -0.4 is 4.31 Å². The summed E-state index contributed by atoms with van der Waals surface area (Å²) >= 11 is 0. The van der Waals surface area contributed by atoms with Gasteiger partial charge in [0.15, 0.2) is 0 Å². The highest BCUT2D eigenvalue weighted by molar-refractivity contribution is 7.92. The summed E-state index contributed by atoms with van der Waals surface area (Å²) in [7, 11) is -3.52. The predicted octanol–water partition coefficient (Wildman–Crippen LogP) is 3.83. The van der Waals surface area contributed by atoms with Gasteiger partial charge >= 0.3 is 0 Å². The van der Waals surface area contributed by atoms with Crippen LogP contribution in [0.4, 0.5) is 5.69 Å². The first kappa shape index (κ1) is 15.6. The Morgan fingerprint density at radius 3 is 2.00 bits per heavy atom. The molecule has 0 unspecified atom stereocenters. The Kier molecular flexibility index (Phi) is 4.37. The van der Waals surface area contributed by atoms with Crippen LogP contribution in [0.3, 0.4) is 0 Å². The largest absolute Gasteiger partial charge is 0.266 e. The SMILES string of the molecule is CCN(c1ccc(C)cc1C)S(=O)(=O)c1ccc(C)cc1. The molecule has 112 valence electrons. The molecule has 2 rings (SSSR count). The van der Waals surface area contributed by atoms with Crippen molar-refractivity contribution in [2.24, 2.45) is 0 Å². The lowest BCUT2D eigenvalue weighted by atomic mass is 10.1. The Morgan fingerprint density at radius 2 is 1.48 bits per heavy atom. The van der Waals surface area contributed by atoms with Gasteiger partial charge in [-0.1, -0.05) is 35.4 Å². The summed E-state index contributed by atoms with van der Waals surface area (Å²) in [6.45, 7) is 8.14. The lowest BCUT2D eigenvalue weighted by molar-refractivity contribution is 0.591. The van der Waals surface area contributed by atoms with Crippen molar-refractivity contribution in [3.63, 3.8) is 0 Å². The molecule has 0 bridgehead atoms. The fourth-order valence-corrected chi connectivity index (χ4v) is 3.93. The quantitative estimate of drug-likeness (QED) is 0.861. The summed E-state index contributed by atoms with van der Waals surface area (Å²) in [6, 6.07) is 12.8. The van der Waals surface area contributed by atoms with Gasteiger partial charge in [-0.15, -0.1) is 0 Å². The third-order valence-corrected chi connectivity index (χ3v) is 5.42. The van der Waals surface area contributed by atoms with E-state index in [1.165, 1.54) is 4.31 Å². The molecule has 0 N–H and O–H groups in total. The van der Waals surface area contributed by atoms with Crippen molar-refractivity contribution in [3.8, 4) is 0 Å². The molecule has 0 aliphatic heterocycles. The molecular weight excluding hydrogens is 282 g/mol. The summed E-state index contributed by atoms with van der Waals surface area (Å²) in [5, 5.41) is 0. The molecule has 0 heterocycles. The van der Waals surface area contributed by atoms with Crippen LogP contribution >= 0.6 is 0 Å². The lowest BCUT2D eigenvalue weighted by Gasteiger charge is -2.25. The Hall–Kier alpha value is -1.81. The zero-order chi connectivity index (χ0) is 15.6. The van der Waals surface area contributed by atoms with E-state index in [-0.39, 0.29) is 0 Å². The third kappa shape index (κ3) is 3.10. The molecule has 0 saturated heterocycles. The minimum Gasteiger partial charge on any atom is -0.266 e. The highest BCUT2D eigenvalue weighted by Crippen LogP contribution is 2.27. The fraction of sp³-hybridized carbons (Fsp3) is 0.294. The molecule has 0 fully saturated rings. The van der Waals surface area contributed by atoms with E-state index in [9.17, 15) is 8.42 Å². The van der Waals surface area contributed by atoms with Crippen molar-refractivity contribution in [1.82, 2.24) is 0 Å². The first-order valence-corrected chi connectivity index (χ1v) is 8.47. The van der Waals surface area contributed by atoms with Gasteiger partial charge in [0.2, 0.25) is 0 Å². The average molecular weight is 303 g/mol. The van der Waals surface area contributed by atoms with Gasteiger partial charge in [-0.25, -0.2) is 8.42 Å². The van der Waals surface area contributed by atoms with Crippen molar-refractivity contribution in [3.05, 3.63) is 59.2 Å². The Bertz CT molecular complexity index is 734. The van der Waals surface area contributed by atoms with Gasteiger partial charge in [-0.3, -0.25) is 4.31 Å². The molecule has 3 nitrogen and oxygen atoms in total. The summed E-state index contributed by atoms with van der Waals surface area (Å²) in [5.74, 6) is 0. The maximum absolute atomic E-state index is 12.8. The monoisotopic (exact) mass is 303 g/mol. The number of anilines is 1. The van der Waals surface area contributed by atoms with Crippen molar-refractivity contribution >= 4 is 15.7 Å². The van der Waals surface area contributed by atoms with E-state index in [0.29, 0.717) is 11.4 Å². The highest BCUT2D eigenvalue weighted by atomic mass is 32.2. The van der Waals surface area contributed by atoms with Crippen LogP contribution in [0.25, 0.3) is 0 Å². The molecule has 0 spiro atoms. The van der Waals surface area contributed by atoms with E-state index in [4.69, 9.17) is 0 Å². The smallest absolute Gasteiger partial charge is 0.264 e. The van der Waals surface area contributed by atoms with Crippen LogP contribution in [-0.4, -0.2) is 15.0 Å². The molecule has 2 aromatic rings. The molecule has 4 heteroatoms. The van der Waals surface area contributed by atoms with E-state index >= 15 is 0 Å². The Balaban J connectivity index is 2.51. The zero-order valence-corrected chi connectivity index (χ0v) is 13.7. The molecule has 0 radical (unpaired) electrons. The molecule has 0 aliphatic rings. The fourth-order valence-electron chi connectivity index (χ4n) is 2.39. The standard InChI is InChI=1S/C17H21NO2S/c1-5-18(17-11-8-14(3)12-15(17)4)21(19,20)16-9-6-13(2)7-10-16/h6-12H,5H2,1-4H3. The molecule has 0 amide bonds. The lowest BCUT2D eigenvalue weighted by Crippen LogP contribution is -2.31. The first-order chi connectivity index (χ1) is 9.86. The van der Waals surface area contributed by atoms with Gasteiger partial charge in [-0.2, -0.15) is 0 Å². The van der Waals surface area contributed by atoms with Crippen LogP contribution in [-0.2, 0) is 10.0 Å². The number of sulfonamides is 1. The van der Waals surface area contributed by atoms with Crippen LogP contribution in [0.5, 0.6) is 0 Å². The number of aryl methyl sites for hydroxylation is 3. The van der Waals surface area contributed by atoms with Crippen molar-refractivity contribution in [1.29, 1.82) is 0 Å². The second-order valence-corrected chi connectivity index (χ2v) is 7.14. The van der Waals surface area contributed by atoms with E-state index in [1.807, 2.05) is 58.0 Å². The molecule has 2 aromatic carbocycles. The summed E-state index contributed by atoms with van der Waals surface area (Å²) in [4.78, 5) is 0.329. The van der Waals surface area contributed by atoms with E-state index in [2.05, 4.69) is 0 Å². The highest BCUT2D eigenvalue weighted by Gasteiger charge is 2.24. The van der Waals surface area contributed by atoms with Gasteiger partial charge in [-0.05, 0) is 51.5 Å². The Morgan fingerprint density at radius 1 is 0.905 bits per heavy atom. The maximum atomic E-state index is 12.8. The van der Waals surface area contributed by atoms with Crippen molar-refractivity contribution in [2.45, 2.75) is 32.6 Å². The maximum Gasteiger partial charge on any atom is 0.264 e. The van der Waals surface area contributed by atoms with Crippen LogP contribution in [0.15, 0.2) is 47.4 Å². The average Bonchev–Trinajstić information content (AvgIpc) is 2.42. The minimum absolute atomic E-state index is 0.329. The molecule has 0 aliphatic carbocycles.